The summed E-state index contributed by atoms with van der Waals surface area (Å²) in [6.07, 6.45) is 0. The first kappa shape index (κ1) is 12.2. The maximum absolute atomic E-state index is 13.3. The van der Waals surface area contributed by atoms with Gasteiger partial charge in [-0.1, -0.05) is 0 Å². The molecule has 0 atom stereocenters. The fraction of sp³-hybridized carbons (Fsp3) is 0.143. The second-order valence-corrected chi connectivity index (χ2v) is 4.14. The van der Waals surface area contributed by atoms with Gasteiger partial charge in [0.15, 0.2) is 0 Å². The molecule has 0 amide bonds. The molecular formula is C14H15FN2O. The SMILES string of the molecule is COc1cc(N)cc(Nc2cc(C)cc(F)c2)c1. The average molecular weight is 246 g/mol. The summed E-state index contributed by atoms with van der Waals surface area (Å²) in [5.41, 5.74) is 8.64. The molecule has 3 nitrogen and oxygen atoms in total. The summed E-state index contributed by atoms with van der Waals surface area (Å²) in [6.45, 7) is 1.84. The Kier molecular flexibility index (Phi) is 3.37. The van der Waals surface area contributed by atoms with Crippen molar-refractivity contribution >= 4 is 17.1 Å². The maximum Gasteiger partial charge on any atom is 0.125 e. The molecule has 18 heavy (non-hydrogen) atoms. The summed E-state index contributed by atoms with van der Waals surface area (Å²) in [5.74, 6) is 0.388. The molecule has 0 bridgehead atoms. The molecule has 2 aromatic rings. The van der Waals surface area contributed by atoms with E-state index in [1.54, 1.807) is 25.3 Å². The van der Waals surface area contributed by atoms with E-state index in [4.69, 9.17) is 10.5 Å². The van der Waals surface area contributed by atoms with Gasteiger partial charge in [0.1, 0.15) is 11.6 Å². The average Bonchev–Trinajstić information content (AvgIpc) is 2.26. The zero-order chi connectivity index (χ0) is 13.1. The summed E-state index contributed by atoms with van der Waals surface area (Å²) in [4.78, 5) is 0. The lowest BCUT2D eigenvalue weighted by Gasteiger charge is -2.10. The van der Waals surface area contributed by atoms with E-state index in [9.17, 15) is 4.39 Å². The van der Waals surface area contributed by atoms with Gasteiger partial charge in [-0.15, -0.1) is 0 Å². The third kappa shape index (κ3) is 2.91. The van der Waals surface area contributed by atoms with Gasteiger partial charge in [0.05, 0.1) is 7.11 Å². The fourth-order valence-corrected chi connectivity index (χ4v) is 1.79. The molecular weight excluding hydrogens is 231 g/mol. The van der Waals surface area contributed by atoms with E-state index < -0.39 is 0 Å². The minimum atomic E-state index is -0.270. The van der Waals surface area contributed by atoms with Crippen LogP contribution in [0.15, 0.2) is 36.4 Å². The Morgan fingerprint density at radius 1 is 1.06 bits per heavy atom. The monoisotopic (exact) mass is 246 g/mol. The Hall–Kier alpha value is -2.23. The van der Waals surface area contributed by atoms with Crippen LogP contribution in [0.1, 0.15) is 5.56 Å². The number of halogens is 1. The second-order valence-electron chi connectivity index (χ2n) is 4.14. The van der Waals surface area contributed by atoms with Crippen LogP contribution in [0.25, 0.3) is 0 Å². The van der Waals surface area contributed by atoms with Crippen molar-refractivity contribution in [1.29, 1.82) is 0 Å². The highest BCUT2D eigenvalue weighted by Crippen LogP contribution is 2.25. The van der Waals surface area contributed by atoms with Gasteiger partial charge in [0.25, 0.3) is 0 Å². The van der Waals surface area contributed by atoms with Crippen LogP contribution in [0.4, 0.5) is 21.5 Å². The number of aryl methyl sites for hydroxylation is 1. The van der Waals surface area contributed by atoms with Gasteiger partial charge in [0, 0.05) is 29.2 Å². The highest BCUT2D eigenvalue weighted by atomic mass is 19.1. The molecule has 2 rings (SSSR count). The maximum atomic E-state index is 13.3. The molecule has 0 saturated carbocycles. The van der Waals surface area contributed by atoms with Crippen molar-refractivity contribution in [3.63, 3.8) is 0 Å². The number of ether oxygens (including phenoxy) is 1. The molecule has 0 aliphatic heterocycles. The predicted molar refractivity (Wildman–Crippen MR) is 71.8 cm³/mol. The van der Waals surface area contributed by atoms with Crippen LogP contribution in [0.5, 0.6) is 5.75 Å². The van der Waals surface area contributed by atoms with Crippen LogP contribution < -0.4 is 15.8 Å². The van der Waals surface area contributed by atoms with Gasteiger partial charge < -0.3 is 15.8 Å². The van der Waals surface area contributed by atoms with E-state index >= 15 is 0 Å². The lowest BCUT2D eigenvalue weighted by molar-refractivity contribution is 0.415. The molecule has 0 fully saturated rings. The van der Waals surface area contributed by atoms with Gasteiger partial charge >= 0.3 is 0 Å². The standard InChI is InChI=1S/C14H15FN2O/c1-9-3-10(15)5-12(4-9)17-13-6-11(16)7-14(8-13)18-2/h3-8,17H,16H2,1-2H3. The first-order valence-corrected chi connectivity index (χ1v) is 5.55. The topological polar surface area (TPSA) is 47.3 Å². The van der Waals surface area contributed by atoms with E-state index in [0.29, 0.717) is 17.1 Å². The molecule has 0 unspecified atom stereocenters. The lowest BCUT2D eigenvalue weighted by Crippen LogP contribution is -1.95. The van der Waals surface area contributed by atoms with E-state index in [0.717, 1.165) is 11.3 Å². The van der Waals surface area contributed by atoms with E-state index in [1.807, 2.05) is 13.0 Å². The summed E-state index contributed by atoms with van der Waals surface area (Å²) < 4.78 is 18.4. The first-order valence-electron chi connectivity index (χ1n) is 5.55. The largest absolute Gasteiger partial charge is 0.497 e. The van der Waals surface area contributed by atoms with Crippen molar-refractivity contribution in [2.45, 2.75) is 6.92 Å². The Bertz CT molecular complexity index is 549. The van der Waals surface area contributed by atoms with E-state index in [2.05, 4.69) is 5.32 Å². The van der Waals surface area contributed by atoms with Crippen molar-refractivity contribution in [3.8, 4) is 5.75 Å². The number of nitrogens with one attached hydrogen (secondary N) is 1. The number of anilines is 3. The van der Waals surface area contributed by atoms with Crippen molar-refractivity contribution in [2.75, 3.05) is 18.2 Å². The Morgan fingerprint density at radius 3 is 2.44 bits per heavy atom. The summed E-state index contributed by atoms with van der Waals surface area (Å²) >= 11 is 0. The van der Waals surface area contributed by atoms with Crippen molar-refractivity contribution in [2.24, 2.45) is 0 Å². The number of benzene rings is 2. The van der Waals surface area contributed by atoms with Crippen LogP contribution in [0.2, 0.25) is 0 Å². The summed E-state index contributed by atoms with van der Waals surface area (Å²) in [5, 5.41) is 3.10. The molecule has 0 heterocycles. The molecule has 0 aliphatic rings. The minimum Gasteiger partial charge on any atom is -0.497 e. The van der Waals surface area contributed by atoms with Crippen LogP contribution in [0.3, 0.4) is 0 Å². The summed E-state index contributed by atoms with van der Waals surface area (Å²) in [6, 6.07) is 10.1. The lowest BCUT2D eigenvalue weighted by atomic mass is 10.2. The van der Waals surface area contributed by atoms with Crippen molar-refractivity contribution in [3.05, 3.63) is 47.8 Å². The quantitative estimate of drug-likeness (QED) is 0.815. The van der Waals surface area contributed by atoms with Gasteiger partial charge in [-0.3, -0.25) is 0 Å². The molecule has 0 aliphatic carbocycles. The zero-order valence-corrected chi connectivity index (χ0v) is 10.3. The van der Waals surface area contributed by atoms with Crippen molar-refractivity contribution < 1.29 is 9.13 Å². The number of hydrogen-bond donors (Lipinski definition) is 2. The molecule has 0 radical (unpaired) electrons. The molecule has 2 aromatic carbocycles. The van der Waals surface area contributed by atoms with E-state index in [-0.39, 0.29) is 5.82 Å². The van der Waals surface area contributed by atoms with Gasteiger partial charge in [0.2, 0.25) is 0 Å². The van der Waals surface area contributed by atoms with Crippen LogP contribution in [0, 0.1) is 12.7 Å². The fourth-order valence-electron chi connectivity index (χ4n) is 1.79. The van der Waals surface area contributed by atoms with Crippen LogP contribution in [-0.4, -0.2) is 7.11 Å². The minimum absolute atomic E-state index is 0.270. The predicted octanol–water partition coefficient (Wildman–Crippen LogP) is 3.47. The number of rotatable bonds is 3. The number of hydrogen-bond acceptors (Lipinski definition) is 3. The molecule has 0 spiro atoms. The van der Waals surface area contributed by atoms with Crippen LogP contribution >= 0.6 is 0 Å². The van der Waals surface area contributed by atoms with Gasteiger partial charge in [-0.2, -0.15) is 0 Å². The third-order valence-electron chi connectivity index (χ3n) is 2.50. The number of nitrogens with two attached hydrogens (primary N) is 1. The zero-order valence-electron chi connectivity index (χ0n) is 10.3. The Morgan fingerprint density at radius 2 is 1.78 bits per heavy atom. The smallest absolute Gasteiger partial charge is 0.125 e. The highest BCUT2D eigenvalue weighted by molar-refractivity contribution is 5.66. The Balaban J connectivity index is 2.30. The van der Waals surface area contributed by atoms with Gasteiger partial charge in [-0.25, -0.2) is 4.39 Å². The first-order chi connectivity index (χ1) is 8.56. The number of nitrogen functional groups attached to an aromatic ring is 1. The van der Waals surface area contributed by atoms with Gasteiger partial charge in [-0.05, 0) is 36.8 Å². The molecule has 3 N–H and O–H groups in total. The summed E-state index contributed by atoms with van der Waals surface area (Å²) in [7, 11) is 1.57. The van der Waals surface area contributed by atoms with E-state index in [1.165, 1.54) is 12.1 Å². The molecule has 4 heteroatoms. The normalized spacial score (nSPS) is 10.2. The van der Waals surface area contributed by atoms with Crippen molar-refractivity contribution in [1.82, 2.24) is 0 Å². The second kappa shape index (κ2) is 4.96. The molecule has 0 aromatic heterocycles. The number of methoxy groups -OCH3 is 1. The Labute approximate surface area is 105 Å². The molecule has 94 valence electrons. The molecule has 0 saturated heterocycles. The highest BCUT2D eigenvalue weighted by Gasteiger charge is 2.02. The van der Waals surface area contributed by atoms with Crippen LogP contribution in [-0.2, 0) is 0 Å². The third-order valence-corrected chi connectivity index (χ3v) is 2.50.